The van der Waals surface area contributed by atoms with E-state index in [9.17, 15) is 17.6 Å². The summed E-state index contributed by atoms with van der Waals surface area (Å²) < 4.78 is 46.7. The maximum Gasteiger partial charge on any atom is 0.258 e. The number of methoxy groups -OCH3 is 1. The zero-order valence-corrected chi connectivity index (χ0v) is 18.0. The highest BCUT2D eigenvalue weighted by atomic mass is 32.2. The third-order valence-electron chi connectivity index (χ3n) is 4.54. The van der Waals surface area contributed by atoms with Gasteiger partial charge in [0.25, 0.3) is 5.91 Å². The molecule has 0 heterocycles. The van der Waals surface area contributed by atoms with Crippen LogP contribution >= 0.6 is 0 Å². The van der Waals surface area contributed by atoms with Crippen LogP contribution in [0.5, 0.6) is 5.75 Å². The lowest BCUT2D eigenvalue weighted by atomic mass is 10.1. The molecule has 0 bridgehead atoms. The molecule has 0 saturated heterocycles. The number of halogens is 1. The van der Waals surface area contributed by atoms with Gasteiger partial charge < -0.3 is 10.1 Å². The van der Waals surface area contributed by atoms with Crippen molar-refractivity contribution in [3.8, 4) is 5.75 Å². The Kier molecular flexibility index (Phi) is 7.75. The molecule has 0 fully saturated rings. The number of carbonyl (C=O) groups is 1. The Morgan fingerprint density at radius 3 is 2.52 bits per heavy atom. The molecule has 1 N–H and O–H groups in total. The molecular weight excluding hydrogens is 395 g/mol. The van der Waals surface area contributed by atoms with Crippen LogP contribution in [-0.2, 0) is 10.0 Å². The van der Waals surface area contributed by atoms with Crippen LogP contribution in [0.25, 0.3) is 0 Å². The zero-order valence-electron chi connectivity index (χ0n) is 17.2. The molecule has 0 radical (unpaired) electrons. The SMILES string of the molecule is CCCCN(CC)S(=O)(=O)c1ccc(F)c(C(=O)Nc2cc(C)ccc2OC)c1. The summed E-state index contributed by atoms with van der Waals surface area (Å²) in [4.78, 5) is 12.6. The van der Waals surface area contributed by atoms with Gasteiger partial charge >= 0.3 is 0 Å². The Morgan fingerprint density at radius 2 is 1.90 bits per heavy atom. The van der Waals surface area contributed by atoms with E-state index in [1.54, 1.807) is 19.1 Å². The first-order valence-corrected chi connectivity index (χ1v) is 10.9. The zero-order chi connectivity index (χ0) is 21.6. The van der Waals surface area contributed by atoms with Gasteiger partial charge in [-0.25, -0.2) is 12.8 Å². The fourth-order valence-electron chi connectivity index (χ4n) is 2.88. The third-order valence-corrected chi connectivity index (χ3v) is 6.51. The van der Waals surface area contributed by atoms with Crippen molar-refractivity contribution >= 4 is 21.6 Å². The van der Waals surface area contributed by atoms with E-state index in [2.05, 4.69) is 5.32 Å². The number of amides is 1. The van der Waals surface area contributed by atoms with Gasteiger partial charge in [0.1, 0.15) is 11.6 Å². The monoisotopic (exact) mass is 422 g/mol. The molecule has 1 amide bonds. The quantitative estimate of drug-likeness (QED) is 0.657. The second kappa shape index (κ2) is 9.84. The van der Waals surface area contributed by atoms with Gasteiger partial charge in [0.2, 0.25) is 10.0 Å². The first-order chi connectivity index (χ1) is 13.7. The molecule has 158 valence electrons. The van der Waals surface area contributed by atoms with E-state index in [0.717, 1.165) is 30.5 Å². The van der Waals surface area contributed by atoms with Crippen molar-refractivity contribution in [2.45, 2.75) is 38.5 Å². The van der Waals surface area contributed by atoms with E-state index in [0.29, 0.717) is 24.5 Å². The van der Waals surface area contributed by atoms with Crippen molar-refractivity contribution in [1.82, 2.24) is 4.31 Å². The van der Waals surface area contributed by atoms with Crippen molar-refractivity contribution in [3.05, 3.63) is 53.3 Å². The van der Waals surface area contributed by atoms with Crippen LogP contribution in [0.1, 0.15) is 42.6 Å². The molecule has 2 aromatic carbocycles. The Morgan fingerprint density at radius 1 is 1.17 bits per heavy atom. The molecule has 2 aromatic rings. The Hall–Kier alpha value is -2.45. The van der Waals surface area contributed by atoms with Crippen LogP contribution in [0, 0.1) is 12.7 Å². The number of hydrogen-bond acceptors (Lipinski definition) is 4. The van der Waals surface area contributed by atoms with Crippen molar-refractivity contribution in [2.24, 2.45) is 0 Å². The lowest BCUT2D eigenvalue weighted by Gasteiger charge is -2.20. The van der Waals surface area contributed by atoms with Crippen LogP contribution in [0.3, 0.4) is 0 Å². The van der Waals surface area contributed by atoms with E-state index in [4.69, 9.17) is 4.74 Å². The molecule has 0 spiro atoms. The van der Waals surface area contributed by atoms with Crippen molar-refractivity contribution in [2.75, 3.05) is 25.5 Å². The van der Waals surface area contributed by atoms with Crippen LogP contribution in [0.2, 0.25) is 0 Å². The van der Waals surface area contributed by atoms with Gasteiger partial charge in [0, 0.05) is 13.1 Å². The summed E-state index contributed by atoms with van der Waals surface area (Å²) in [5, 5.41) is 2.60. The number of nitrogens with one attached hydrogen (secondary N) is 1. The molecule has 0 saturated carbocycles. The average molecular weight is 423 g/mol. The lowest BCUT2D eigenvalue weighted by Crippen LogP contribution is -2.32. The summed E-state index contributed by atoms with van der Waals surface area (Å²) in [6, 6.07) is 8.47. The fraction of sp³-hybridized carbons (Fsp3) is 0.381. The van der Waals surface area contributed by atoms with E-state index in [1.165, 1.54) is 17.5 Å². The Labute approximate surface area is 171 Å². The summed E-state index contributed by atoms with van der Waals surface area (Å²) in [5.74, 6) is -1.13. The molecule has 8 heteroatoms. The summed E-state index contributed by atoms with van der Waals surface area (Å²) in [6.45, 7) is 6.23. The predicted molar refractivity (Wildman–Crippen MR) is 111 cm³/mol. The molecule has 29 heavy (non-hydrogen) atoms. The highest BCUT2D eigenvalue weighted by Gasteiger charge is 2.25. The minimum atomic E-state index is -3.83. The van der Waals surface area contributed by atoms with Gasteiger partial charge in [0.05, 0.1) is 23.3 Å². The Bertz CT molecular complexity index is 977. The molecular formula is C21H27FN2O4S. The normalized spacial score (nSPS) is 11.5. The molecule has 0 aromatic heterocycles. The first kappa shape index (κ1) is 22.8. The van der Waals surface area contributed by atoms with Gasteiger partial charge in [-0.15, -0.1) is 0 Å². The molecule has 2 rings (SSSR count). The second-order valence-electron chi connectivity index (χ2n) is 6.65. The predicted octanol–water partition coefficient (Wildman–Crippen LogP) is 4.21. The summed E-state index contributed by atoms with van der Waals surface area (Å²) in [7, 11) is -2.36. The van der Waals surface area contributed by atoms with Gasteiger partial charge in [-0.3, -0.25) is 4.79 Å². The summed E-state index contributed by atoms with van der Waals surface area (Å²) in [5.41, 5.74) is 0.914. The van der Waals surface area contributed by atoms with Crippen molar-refractivity contribution in [1.29, 1.82) is 0 Å². The fourth-order valence-corrected chi connectivity index (χ4v) is 4.39. The number of aryl methyl sites for hydroxylation is 1. The number of benzene rings is 2. The number of unbranched alkanes of at least 4 members (excludes halogenated alkanes) is 1. The topological polar surface area (TPSA) is 75.7 Å². The van der Waals surface area contributed by atoms with Crippen LogP contribution < -0.4 is 10.1 Å². The maximum atomic E-state index is 14.4. The molecule has 0 aliphatic heterocycles. The van der Waals surface area contributed by atoms with E-state index < -0.39 is 21.7 Å². The minimum absolute atomic E-state index is 0.113. The highest BCUT2D eigenvalue weighted by molar-refractivity contribution is 7.89. The van der Waals surface area contributed by atoms with Gasteiger partial charge in [0.15, 0.2) is 0 Å². The van der Waals surface area contributed by atoms with Gasteiger partial charge in [-0.05, 0) is 49.2 Å². The van der Waals surface area contributed by atoms with Gasteiger partial charge in [-0.1, -0.05) is 26.3 Å². The molecule has 0 unspecified atom stereocenters. The number of hydrogen-bond donors (Lipinski definition) is 1. The van der Waals surface area contributed by atoms with Gasteiger partial charge in [-0.2, -0.15) is 4.31 Å². The number of sulfonamides is 1. The molecule has 6 nitrogen and oxygen atoms in total. The van der Waals surface area contributed by atoms with E-state index in [1.807, 2.05) is 19.9 Å². The minimum Gasteiger partial charge on any atom is -0.495 e. The van der Waals surface area contributed by atoms with Crippen molar-refractivity contribution < 1.29 is 22.3 Å². The lowest BCUT2D eigenvalue weighted by molar-refractivity contribution is 0.102. The Balaban J connectivity index is 2.38. The summed E-state index contributed by atoms with van der Waals surface area (Å²) >= 11 is 0. The van der Waals surface area contributed by atoms with Crippen LogP contribution in [-0.4, -0.2) is 38.8 Å². The maximum absolute atomic E-state index is 14.4. The largest absolute Gasteiger partial charge is 0.495 e. The summed E-state index contributed by atoms with van der Waals surface area (Å²) in [6.07, 6.45) is 1.57. The number of nitrogens with zero attached hydrogens (tertiary/aromatic N) is 1. The standard InChI is InChI=1S/C21H27FN2O4S/c1-5-7-12-24(6-2)29(26,27)16-9-10-18(22)17(14-16)21(25)23-19-13-15(3)8-11-20(19)28-4/h8-11,13-14H,5-7,12H2,1-4H3,(H,23,25). The smallest absolute Gasteiger partial charge is 0.258 e. The van der Waals surface area contributed by atoms with Crippen LogP contribution in [0.4, 0.5) is 10.1 Å². The number of ether oxygens (including phenoxy) is 1. The molecule has 0 atom stereocenters. The highest BCUT2D eigenvalue weighted by Crippen LogP contribution is 2.27. The van der Waals surface area contributed by atoms with Crippen LogP contribution in [0.15, 0.2) is 41.3 Å². The third kappa shape index (κ3) is 5.33. The van der Waals surface area contributed by atoms with E-state index in [-0.39, 0.29) is 10.5 Å². The number of carbonyl (C=O) groups excluding carboxylic acids is 1. The molecule has 0 aliphatic carbocycles. The second-order valence-corrected chi connectivity index (χ2v) is 8.59. The molecule has 0 aliphatic rings. The van der Waals surface area contributed by atoms with E-state index >= 15 is 0 Å². The first-order valence-electron chi connectivity index (χ1n) is 9.50. The number of rotatable bonds is 9. The van der Waals surface area contributed by atoms with Crippen molar-refractivity contribution in [3.63, 3.8) is 0 Å². The number of anilines is 1. The average Bonchev–Trinajstić information content (AvgIpc) is 2.68.